The number of nitrogens with zero attached hydrogens (tertiary/aromatic N) is 2. The Hall–Kier alpha value is -1.40. The summed E-state index contributed by atoms with van der Waals surface area (Å²) in [4.78, 5) is 2.29. The molecule has 0 bridgehead atoms. The minimum atomic E-state index is -0.179. The molecule has 2 rings (SSSR count). The van der Waals surface area contributed by atoms with Gasteiger partial charge in [-0.2, -0.15) is 5.26 Å². The maximum Gasteiger partial charge on any atom is 0.123 e. The lowest BCUT2D eigenvalue weighted by molar-refractivity contribution is 0.150. The molecule has 0 radical (unpaired) electrons. The van der Waals surface area contributed by atoms with Crippen molar-refractivity contribution in [3.05, 3.63) is 35.6 Å². The van der Waals surface area contributed by atoms with Crippen LogP contribution in [-0.4, -0.2) is 18.0 Å². The Kier molecular flexibility index (Phi) is 3.44. The van der Waals surface area contributed by atoms with E-state index in [1.165, 1.54) is 6.07 Å². The van der Waals surface area contributed by atoms with Gasteiger partial charge in [-0.1, -0.05) is 12.1 Å². The van der Waals surface area contributed by atoms with E-state index in [0.717, 1.165) is 38.0 Å². The second kappa shape index (κ2) is 4.85. The number of likely N-dealkylation sites (tertiary alicyclic amines) is 1. The Morgan fingerprint density at radius 1 is 1.41 bits per heavy atom. The monoisotopic (exact) mass is 232 g/mol. The van der Waals surface area contributed by atoms with Crippen molar-refractivity contribution < 1.29 is 4.39 Å². The van der Waals surface area contributed by atoms with Gasteiger partial charge < -0.3 is 0 Å². The van der Waals surface area contributed by atoms with Crippen LogP contribution < -0.4 is 0 Å². The van der Waals surface area contributed by atoms with Crippen molar-refractivity contribution in [1.29, 1.82) is 5.26 Å². The Balaban J connectivity index is 1.93. The van der Waals surface area contributed by atoms with Gasteiger partial charge in [0.05, 0.1) is 11.5 Å². The summed E-state index contributed by atoms with van der Waals surface area (Å²) in [6, 6.07) is 9.12. The molecule has 1 aromatic rings. The molecule has 1 saturated heterocycles. The van der Waals surface area contributed by atoms with Crippen LogP contribution in [0.1, 0.15) is 25.3 Å². The molecule has 0 spiro atoms. The molecule has 3 heteroatoms. The van der Waals surface area contributed by atoms with Crippen molar-refractivity contribution in [3.63, 3.8) is 0 Å². The average molecular weight is 232 g/mol. The molecule has 0 saturated carbocycles. The van der Waals surface area contributed by atoms with Gasteiger partial charge in [0, 0.05) is 6.54 Å². The van der Waals surface area contributed by atoms with Crippen molar-refractivity contribution >= 4 is 0 Å². The number of piperidine rings is 1. The molecule has 1 aliphatic rings. The highest BCUT2D eigenvalue weighted by Gasteiger charge is 2.29. The van der Waals surface area contributed by atoms with Gasteiger partial charge in [-0.3, -0.25) is 4.90 Å². The van der Waals surface area contributed by atoms with Gasteiger partial charge in [0.2, 0.25) is 0 Å². The van der Waals surface area contributed by atoms with E-state index in [4.69, 9.17) is 5.26 Å². The van der Waals surface area contributed by atoms with E-state index in [0.29, 0.717) is 0 Å². The lowest BCUT2D eigenvalue weighted by Gasteiger charge is -2.34. The minimum absolute atomic E-state index is 0.168. The van der Waals surface area contributed by atoms with Gasteiger partial charge in [-0.15, -0.1) is 0 Å². The standard InChI is InChI=1S/C14H17FN2/c1-14(11-16)5-7-17(8-6-14)10-12-3-2-4-13(15)9-12/h2-4,9H,5-8,10H2,1H3. The second-order valence-electron chi connectivity index (χ2n) is 5.08. The predicted molar refractivity (Wildman–Crippen MR) is 64.6 cm³/mol. The first-order valence-electron chi connectivity index (χ1n) is 5.99. The van der Waals surface area contributed by atoms with Gasteiger partial charge in [0.15, 0.2) is 0 Å². The summed E-state index contributed by atoms with van der Waals surface area (Å²) in [5.41, 5.74) is 0.837. The lowest BCUT2D eigenvalue weighted by Crippen LogP contribution is -2.37. The zero-order chi connectivity index (χ0) is 12.3. The van der Waals surface area contributed by atoms with E-state index in [9.17, 15) is 4.39 Å². The molecule has 0 atom stereocenters. The number of halogens is 1. The molecular weight excluding hydrogens is 215 g/mol. The van der Waals surface area contributed by atoms with Crippen LogP contribution >= 0.6 is 0 Å². The summed E-state index contributed by atoms with van der Waals surface area (Å²) >= 11 is 0. The molecule has 2 nitrogen and oxygen atoms in total. The third kappa shape index (κ3) is 3.04. The number of nitriles is 1. The first-order chi connectivity index (χ1) is 8.11. The van der Waals surface area contributed by atoms with Crippen LogP contribution in [0, 0.1) is 22.6 Å². The van der Waals surface area contributed by atoms with E-state index < -0.39 is 0 Å². The highest BCUT2D eigenvalue weighted by atomic mass is 19.1. The SMILES string of the molecule is CC1(C#N)CCN(Cc2cccc(F)c2)CC1. The first kappa shape index (κ1) is 12.1. The summed E-state index contributed by atoms with van der Waals surface area (Å²) in [6.07, 6.45) is 1.80. The Labute approximate surface area is 102 Å². The van der Waals surface area contributed by atoms with Gasteiger partial charge in [0.1, 0.15) is 5.82 Å². The van der Waals surface area contributed by atoms with Gasteiger partial charge >= 0.3 is 0 Å². The zero-order valence-electron chi connectivity index (χ0n) is 10.1. The maximum absolute atomic E-state index is 13.0. The Morgan fingerprint density at radius 2 is 2.12 bits per heavy atom. The fraction of sp³-hybridized carbons (Fsp3) is 0.500. The molecule has 1 aromatic carbocycles. The highest BCUT2D eigenvalue weighted by Crippen LogP contribution is 2.30. The van der Waals surface area contributed by atoms with Gasteiger partial charge in [0.25, 0.3) is 0 Å². The van der Waals surface area contributed by atoms with Crippen LogP contribution in [-0.2, 0) is 6.54 Å². The molecule has 0 amide bonds. The number of benzene rings is 1. The minimum Gasteiger partial charge on any atom is -0.299 e. The van der Waals surface area contributed by atoms with Crippen molar-refractivity contribution in [3.8, 4) is 6.07 Å². The molecular formula is C14H17FN2. The van der Waals surface area contributed by atoms with Crippen molar-refractivity contribution in [1.82, 2.24) is 4.90 Å². The van der Waals surface area contributed by atoms with Crippen molar-refractivity contribution in [2.75, 3.05) is 13.1 Å². The Bertz CT molecular complexity index is 428. The maximum atomic E-state index is 13.0. The van der Waals surface area contributed by atoms with E-state index in [2.05, 4.69) is 11.0 Å². The zero-order valence-corrected chi connectivity index (χ0v) is 10.1. The van der Waals surface area contributed by atoms with Gasteiger partial charge in [-0.05, 0) is 50.6 Å². The quantitative estimate of drug-likeness (QED) is 0.784. The van der Waals surface area contributed by atoms with Crippen LogP contribution in [0.25, 0.3) is 0 Å². The smallest absolute Gasteiger partial charge is 0.123 e. The first-order valence-corrected chi connectivity index (χ1v) is 5.99. The van der Waals surface area contributed by atoms with Crippen LogP contribution in [0.2, 0.25) is 0 Å². The topological polar surface area (TPSA) is 27.0 Å². The summed E-state index contributed by atoms with van der Waals surface area (Å²) in [6.45, 7) is 4.63. The number of hydrogen-bond donors (Lipinski definition) is 0. The average Bonchev–Trinajstić information content (AvgIpc) is 2.33. The van der Waals surface area contributed by atoms with Crippen LogP contribution in [0.3, 0.4) is 0 Å². The molecule has 0 aliphatic carbocycles. The summed E-state index contributed by atoms with van der Waals surface area (Å²) in [5.74, 6) is -0.179. The number of hydrogen-bond acceptors (Lipinski definition) is 2. The number of rotatable bonds is 2. The molecule has 90 valence electrons. The van der Waals surface area contributed by atoms with Crippen molar-refractivity contribution in [2.45, 2.75) is 26.3 Å². The molecule has 17 heavy (non-hydrogen) atoms. The van der Waals surface area contributed by atoms with E-state index in [1.54, 1.807) is 12.1 Å². The molecule has 1 heterocycles. The predicted octanol–water partition coefficient (Wildman–Crippen LogP) is 2.95. The fourth-order valence-electron chi connectivity index (χ4n) is 2.21. The summed E-state index contributed by atoms with van der Waals surface area (Å²) in [5, 5.41) is 9.04. The normalized spacial score (nSPS) is 19.8. The highest BCUT2D eigenvalue weighted by molar-refractivity contribution is 5.16. The van der Waals surface area contributed by atoms with Crippen LogP contribution in [0.5, 0.6) is 0 Å². The van der Waals surface area contributed by atoms with E-state index in [-0.39, 0.29) is 11.2 Å². The third-order valence-corrected chi connectivity index (χ3v) is 3.52. The van der Waals surface area contributed by atoms with Gasteiger partial charge in [-0.25, -0.2) is 4.39 Å². The lowest BCUT2D eigenvalue weighted by atomic mass is 9.82. The van der Waals surface area contributed by atoms with Crippen molar-refractivity contribution in [2.24, 2.45) is 5.41 Å². The molecule has 0 N–H and O–H groups in total. The molecule has 0 unspecified atom stereocenters. The largest absolute Gasteiger partial charge is 0.299 e. The van der Waals surface area contributed by atoms with E-state index in [1.807, 2.05) is 13.0 Å². The fourth-order valence-corrected chi connectivity index (χ4v) is 2.21. The summed E-state index contributed by atoms with van der Waals surface area (Å²) in [7, 11) is 0. The van der Waals surface area contributed by atoms with E-state index >= 15 is 0 Å². The third-order valence-electron chi connectivity index (χ3n) is 3.52. The van der Waals surface area contributed by atoms with Crippen LogP contribution in [0.15, 0.2) is 24.3 Å². The molecule has 0 aromatic heterocycles. The molecule has 1 aliphatic heterocycles. The second-order valence-corrected chi connectivity index (χ2v) is 5.08. The Morgan fingerprint density at radius 3 is 2.71 bits per heavy atom. The van der Waals surface area contributed by atoms with Crippen LogP contribution in [0.4, 0.5) is 4.39 Å². The molecule has 1 fully saturated rings. The summed E-state index contributed by atoms with van der Waals surface area (Å²) < 4.78 is 13.0.